The molecule has 2 aromatic rings. The first-order valence-electron chi connectivity index (χ1n) is 10.8. The Balaban J connectivity index is 1.20. The Kier molecular flexibility index (Phi) is 7.02. The molecule has 0 amide bonds. The van der Waals surface area contributed by atoms with Crippen molar-refractivity contribution >= 4 is 17.3 Å². The van der Waals surface area contributed by atoms with Gasteiger partial charge in [0.15, 0.2) is 5.69 Å². The van der Waals surface area contributed by atoms with Crippen LogP contribution in [0.1, 0.15) is 66.5 Å². The molecular formula is C23H29NO5S. The Bertz CT molecular complexity index is 826. The van der Waals surface area contributed by atoms with Crippen molar-refractivity contribution in [2.45, 2.75) is 63.3 Å². The van der Waals surface area contributed by atoms with Crippen LogP contribution in [-0.4, -0.2) is 40.0 Å². The van der Waals surface area contributed by atoms with E-state index in [2.05, 4.69) is 4.98 Å². The zero-order valence-corrected chi connectivity index (χ0v) is 17.8. The van der Waals surface area contributed by atoms with Crippen LogP contribution in [0.4, 0.5) is 0 Å². The summed E-state index contributed by atoms with van der Waals surface area (Å²) in [7, 11) is 0. The van der Waals surface area contributed by atoms with Crippen LogP contribution in [0.3, 0.4) is 0 Å². The van der Waals surface area contributed by atoms with Crippen LogP contribution in [0.25, 0.3) is 0 Å². The van der Waals surface area contributed by atoms with E-state index in [1.54, 1.807) is 5.38 Å². The van der Waals surface area contributed by atoms with Crippen molar-refractivity contribution in [3.8, 4) is 5.75 Å². The van der Waals surface area contributed by atoms with Crippen LogP contribution in [-0.2, 0) is 4.74 Å². The number of aliphatic hydroxyl groups excluding tert-OH is 1. The van der Waals surface area contributed by atoms with Gasteiger partial charge in [0.2, 0.25) is 0 Å². The summed E-state index contributed by atoms with van der Waals surface area (Å²) in [6, 6.07) is 9.88. The zero-order valence-electron chi connectivity index (χ0n) is 17.0. The van der Waals surface area contributed by atoms with Gasteiger partial charge in [0.25, 0.3) is 0 Å². The number of nitrogens with zero attached hydrogens (tertiary/aromatic N) is 1. The van der Waals surface area contributed by atoms with Crippen molar-refractivity contribution in [2.24, 2.45) is 11.8 Å². The zero-order chi connectivity index (χ0) is 20.9. The van der Waals surface area contributed by atoms with E-state index < -0.39 is 5.97 Å². The Hall–Kier alpha value is -1.96. The number of aromatic carboxylic acids is 1. The molecule has 1 saturated heterocycles. The maximum absolute atomic E-state index is 11.1. The number of para-hydroxylation sites is 1. The molecule has 2 heterocycles. The van der Waals surface area contributed by atoms with Crippen LogP contribution in [0.15, 0.2) is 35.7 Å². The largest absolute Gasteiger partial charge is 0.494 e. The van der Waals surface area contributed by atoms with Gasteiger partial charge in [-0.15, -0.1) is 11.3 Å². The molecule has 2 N–H and O–H groups in total. The number of rotatable bonds is 9. The van der Waals surface area contributed by atoms with Gasteiger partial charge >= 0.3 is 5.97 Å². The molecule has 0 spiro atoms. The van der Waals surface area contributed by atoms with Gasteiger partial charge < -0.3 is 19.7 Å². The van der Waals surface area contributed by atoms with Crippen molar-refractivity contribution in [3.05, 3.63) is 46.4 Å². The number of aromatic nitrogens is 1. The highest BCUT2D eigenvalue weighted by atomic mass is 32.1. The molecule has 1 aromatic carbocycles. The maximum atomic E-state index is 11.1. The molecule has 4 rings (SSSR count). The molecular weight excluding hydrogens is 402 g/mol. The average molecular weight is 432 g/mol. The molecule has 6 nitrogen and oxygen atoms in total. The predicted octanol–water partition coefficient (Wildman–Crippen LogP) is 4.70. The Morgan fingerprint density at radius 1 is 1.20 bits per heavy atom. The lowest BCUT2D eigenvalue weighted by Gasteiger charge is -2.34. The third-order valence-electron chi connectivity index (χ3n) is 6.31. The number of carbonyl (C=O) groups is 1. The van der Waals surface area contributed by atoms with E-state index in [1.165, 1.54) is 11.3 Å². The number of carboxylic acids is 1. The Labute approximate surface area is 180 Å². The van der Waals surface area contributed by atoms with Gasteiger partial charge in [-0.2, -0.15) is 0 Å². The number of thiazole rings is 1. The minimum Gasteiger partial charge on any atom is -0.494 e. The second-order valence-electron chi connectivity index (χ2n) is 8.26. The van der Waals surface area contributed by atoms with Crippen LogP contribution in [0, 0.1) is 11.8 Å². The third kappa shape index (κ3) is 5.02. The molecule has 1 aliphatic heterocycles. The van der Waals surface area contributed by atoms with Gasteiger partial charge in [0, 0.05) is 11.8 Å². The SMILES string of the molecule is O=C(O)c1csc(C2CCC3C(CC(O)C3CCCCCOc3ccccc3)O2)n1. The molecule has 7 heteroatoms. The molecule has 5 unspecified atom stereocenters. The van der Waals surface area contributed by atoms with Crippen LogP contribution >= 0.6 is 11.3 Å². The minimum absolute atomic E-state index is 0.0438. The van der Waals surface area contributed by atoms with Crippen molar-refractivity contribution in [1.82, 2.24) is 4.98 Å². The number of benzene rings is 1. The van der Waals surface area contributed by atoms with Crippen LogP contribution in [0.5, 0.6) is 5.75 Å². The first kappa shape index (κ1) is 21.3. The maximum Gasteiger partial charge on any atom is 0.355 e. The average Bonchev–Trinajstić information content (AvgIpc) is 3.36. The number of hydrogen-bond acceptors (Lipinski definition) is 6. The smallest absolute Gasteiger partial charge is 0.355 e. The standard InChI is InChI=1S/C23H29NO5S/c25-19-13-21-17(10-11-20(29-21)22-24-18(14-30-22)23(26)27)16(19)9-5-2-6-12-28-15-7-3-1-4-8-15/h1,3-4,7-8,14,16-17,19-21,25H,2,5-6,9-13H2,(H,26,27). The first-order valence-corrected chi connectivity index (χ1v) is 11.7. The minimum atomic E-state index is -1.00. The molecule has 0 bridgehead atoms. The number of fused-ring (bicyclic) bond motifs is 1. The molecule has 5 atom stereocenters. The normalized spacial score (nSPS) is 28.2. The van der Waals surface area contributed by atoms with Crippen LogP contribution in [0.2, 0.25) is 0 Å². The number of unbranched alkanes of at least 4 members (excludes halogenated alkanes) is 2. The molecule has 1 aliphatic carbocycles. The topological polar surface area (TPSA) is 88.9 Å². The summed E-state index contributed by atoms with van der Waals surface area (Å²) in [5.41, 5.74) is 0.0845. The highest BCUT2D eigenvalue weighted by Crippen LogP contribution is 2.47. The van der Waals surface area contributed by atoms with Gasteiger partial charge in [0.1, 0.15) is 16.9 Å². The predicted molar refractivity (Wildman–Crippen MR) is 114 cm³/mol. The summed E-state index contributed by atoms with van der Waals surface area (Å²) in [5.74, 6) is 0.584. The van der Waals surface area contributed by atoms with E-state index in [1.807, 2.05) is 30.3 Å². The first-order chi connectivity index (χ1) is 14.6. The van der Waals surface area contributed by atoms with E-state index in [-0.39, 0.29) is 29.9 Å². The Morgan fingerprint density at radius 3 is 2.80 bits per heavy atom. The third-order valence-corrected chi connectivity index (χ3v) is 7.24. The highest BCUT2D eigenvalue weighted by Gasteiger charge is 2.46. The summed E-state index contributed by atoms with van der Waals surface area (Å²) >= 11 is 1.35. The number of ether oxygens (including phenoxy) is 2. The van der Waals surface area contributed by atoms with Crippen molar-refractivity contribution in [1.29, 1.82) is 0 Å². The summed E-state index contributed by atoms with van der Waals surface area (Å²) in [4.78, 5) is 15.3. The van der Waals surface area contributed by atoms with E-state index in [0.717, 1.165) is 55.9 Å². The second kappa shape index (κ2) is 9.90. The van der Waals surface area contributed by atoms with Gasteiger partial charge in [-0.1, -0.05) is 31.0 Å². The lowest BCUT2D eigenvalue weighted by atomic mass is 9.83. The van der Waals surface area contributed by atoms with Gasteiger partial charge in [0.05, 0.1) is 18.8 Å². The number of carboxylic acid groups (broad SMARTS) is 1. The lowest BCUT2D eigenvalue weighted by molar-refractivity contribution is -0.0795. The summed E-state index contributed by atoms with van der Waals surface area (Å²) in [6.45, 7) is 0.722. The molecule has 1 aromatic heterocycles. The molecule has 0 radical (unpaired) electrons. The molecule has 1 saturated carbocycles. The molecule has 30 heavy (non-hydrogen) atoms. The van der Waals surface area contributed by atoms with Gasteiger partial charge in [-0.3, -0.25) is 0 Å². The van der Waals surface area contributed by atoms with Crippen molar-refractivity contribution in [3.63, 3.8) is 0 Å². The lowest BCUT2D eigenvalue weighted by Crippen LogP contribution is -2.30. The van der Waals surface area contributed by atoms with Crippen LogP contribution < -0.4 is 4.74 Å². The van der Waals surface area contributed by atoms with Gasteiger partial charge in [-0.05, 0) is 49.7 Å². The van der Waals surface area contributed by atoms with Crippen molar-refractivity contribution in [2.75, 3.05) is 6.61 Å². The monoisotopic (exact) mass is 431 g/mol. The molecule has 2 fully saturated rings. The highest BCUT2D eigenvalue weighted by molar-refractivity contribution is 7.09. The van der Waals surface area contributed by atoms with E-state index in [4.69, 9.17) is 14.6 Å². The van der Waals surface area contributed by atoms with Gasteiger partial charge in [-0.25, -0.2) is 9.78 Å². The fourth-order valence-corrected chi connectivity index (χ4v) is 5.68. The summed E-state index contributed by atoms with van der Waals surface area (Å²) < 4.78 is 12.0. The molecule has 2 aliphatic rings. The van der Waals surface area contributed by atoms with Crippen molar-refractivity contribution < 1.29 is 24.5 Å². The number of hydrogen-bond donors (Lipinski definition) is 2. The second-order valence-corrected chi connectivity index (χ2v) is 9.15. The Morgan fingerprint density at radius 2 is 2.03 bits per heavy atom. The molecule has 162 valence electrons. The fourth-order valence-electron chi connectivity index (χ4n) is 4.82. The summed E-state index contributed by atoms with van der Waals surface area (Å²) in [6.07, 6.45) is 6.29. The summed E-state index contributed by atoms with van der Waals surface area (Å²) in [5, 5.41) is 22.0. The van der Waals surface area contributed by atoms with E-state index in [0.29, 0.717) is 12.3 Å². The fraction of sp³-hybridized carbons (Fsp3) is 0.565. The number of aliphatic hydroxyl groups is 1. The quantitative estimate of drug-likeness (QED) is 0.560. The van der Waals surface area contributed by atoms with E-state index in [9.17, 15) is 9.90 Å². The van der Waals surface area contributed by atoms with E-state index >= 15 is 0 Å².